The molecule has 1 saturated heterocycles. The van der Waals surface area contributed by atoms with Gasteiger partial charge in [-0.15, -0.1) is 0 Å². The van der Waals surface area contributed by atoms with Crippen molar-refractivity contribution in [2.75, 3.05) is 13.1 Å². The van der Waals surface area contributed by atoms with Crippen molar-refractivity contribution in [3.8, 4) is 0 Å². The Kier molecular flexibility index (Phi) is 2.72. The number of hydrogen-bond acceptors (Lipinski definition) is 2. The second-order valence-electron chi connectivity index (χ2n) is 5.40. The highest BCUT2D eigenvalue weighted by atomic mass is 15.0. The van der Waals surface area contributed by atoms with Crippen LogP contribution in [0.4, 0.5) is 0 Å². The average Bonchev–Trinajstić information content (AvgIpc) is 2.80. The van der Waals surface area contributed by atoms with Gasteiger partial charge in [-0.25, -0.2) is 4.98 Å². The first-order chi connectivity index (χ1) is 7.83. The van der Waals surface area contributed by atoms with Gasteiger partial charge in [0.15, 0.2) is 0 Å². The number of rotatable bonds is 3. The van der Waals surface area contributed by atoms with Crippen LogP contribution in [-0.4, -0.2) is 23.1 Å². The zero-order valence-corrected chi connectivity index (χ0v) is 10.1. The van der Waals surface area contributed by atoms with Crippen molar-refractivity contribution < 1.29 is 0 Å². The van der Waals surface area contributed by atoms with Gasteiger partial charge in [-0.2, -0.15) is 0 Å². The van der Waals surface area contributed by atoms with E-state index < -0.39 is 0 Å². The quantitative estimate of drug-likeness (QED) is 0.817. The van der Waals surface area contributed by atoms with E-state index in [0.29, 0.717) is 0 Å². The van der Waals surface area contributed by atoms with Gasteiger partial charge >= 0.3 is 0 Å². The predicted molar refractivity (Wildman–Crippen MR) is 64.6 cm³/mol. The maximum Gasteiger partial charge on any atom is 0.106 e. The lowest BCUT2D eigenvalue weighted by molar-refractivity contribution is 0.341. The first kappa shape index (κ1) is 10.3. The van der Waals surface area contributed by atoms with Crippen molar-refractivity contribution in [1.82, 2.24) is 15.3 Å². The molecule has 16 heavy (non-hydrogen) atoms. The second kappa shape index (κ2) is 4.21. The zero-order chi connectivity index (χ0) is 11.0. The number of hydrogen-bond donors (Lipinski definition) is 2. The van der Waals surface area contributed by atoms with Crippen LogP contribution in [0.3, 0.4) is 0 Å². The van der Waals surface area contributed by atoms with E-state index in [4.69, 9.17) is 4.98 Å². The van der Waals surface area contributed by atoms with E-state index in [1.165, 1.54) is 56.0 Å². The molecule has 1 saturated carbocycles. The summed E-state index contributed by atoms with van der Waals surface area (Å²) in [6, 6.07) is 0. The first-order valence-electron chi connectivity index (χ1n) is 6.59. The molecule has 88 valence electrons. The maximum atomic E-state index is 4.83. The van der Waals surface area contributed by atoms with Crippen molar-refractivity contribution in [2.24, 2.45) is 5.92 Å². The minimum atomic E-state index is 0.740. The predicted octanol–water partition coefficient (Wildman–Crippen LogP) is 2.14. The lowest BCUT2D eigenvalue weighted by Crippen LogP contribution is -2.43. The minimum absolute atomic E-state index is 0.740. The molecule has 1 aromatic heterocycles. The third-order valence-corrected chi connectivity index (χ3v) is 4.06. The molecule has 0 aromatic carbocycles. The van der Waals surface area contributed by atoms with E-state index in [0.717, 1.165) is 18.3 Å². The highest BCUT2D eigenvalue weighted by molar-refractivity contribution is 5.19. The fourth-order valence-electron chi connectivity index (χ4n) is 3.00. The van der Waals surface area contributed by atoms with Crippen LogP contribution in [-0.2, 0) is 6.42 Å². The van der Waals surface area contributed by atoms with E-state index in [9.17, 15) is 0 Å². The molecule has 0 spiro atoms. The Morgan fingerprint density at radius 1 is 1.25 bits per heavy atom. The third-order valence-electron chi connectivity index (χ3n) is 4.06. The van der Waals surface area contributed by atoms with Gasteiger partial charge in [0, 0.05) is 18.0 Å². The summed E-state index contributed by atoms with van der Waals surface area (Å²) in [5, 5.41) is 3.32. The Bertz CT molecular complexity index is 359. The van der Waals surface area contributed by atoms with Gasteiger partial charge in [0.25, 0.3) is 0 Å². The Labute approximate surface area is 97.0 Å². The van der Waals surface area contributed by atoms with E-state index in [1.807, 2.05) is 0 Å². The Hall–Kier alpha value is -0.830. The molecule has 1 aromatic rings. The molecule has 3 heteroatoms. The van der Waals surface area contributed by atoms with Crippen LogP contribution in [0.5, 0.6) is 0 Å². The molecule has 0 bridgehead atoms. The van der Waals surface area contributed by atoms with Crippen molar-refractivity contribution in [3.05, 3.63) is 17.2 Å². The van der Waals surface area contributed by atoms with Gasteiger partial charge in [-0.05, 0) is 38.8 Å². The van der Waals surface area contributed by atoms with Crippen molar-refractivity contribution >= 4 is 0 Å². The van der Waals surface area contributed by atoms with Crippen LogP contribution in [0.25, 0.3) is 0 Å². The van der Waals surface area contributed by atoms with Crippen molar-refractivity contribution in [2.45, 2.75) is 44.9 Å². The number of aromatic nitrogens is 2. The number of H-pyrrole nitrogens is 1. The molecule has 0 radical (unpaired) electrons. The molecule has 3 nitrogen and oxygen atoms in total. The topological polar surface area (TPSA) is 40.7 Å². The van der Waals surface area contributed by atoms with Gasteiger partial charge in [0.2, 0.25) is 0 Å². The molecule has 1 aliphatic heterocycles. The summed E-state index contributed by atoms with van der Waals surface area (Å²) < 4.78 is 0. The second-order valence-corrected chi connectivity index (χ2v) is 5.40. The van der Waals surface area contributed by atoms with Crippen LogP contribution < -0.4 is 5.32 Å². The fourth-order valence-corrected chi connectivity index (χ4v) is 3.00. The normalized spacial score (nSPS) is 22.6. The van der Waals surface area contributed by atoms with E-state index in [2.05, 4.69) is 17.2 Å². The average molecular weight is 219 g/mol. The van der Waals surface area contributed by atoms with E-state index >= 15 is 0 Å². The molecule has 3 rings (SSSR count). The van der Waals surface area contributed by atoms with E-state index in [-0.39, 0.29) is 0 Å². The van der Waals surface area contributed by atoms with Gasteiger partial charge in [-0.1, -0.05) is 12.8 Å². The van der Waals surface area contributed by atoms with Gasteiger partial charge in [0.1, 0.15) is 5.82 Å². The van der Waals surface area contributed by atoms with E-state index in [1.54, 1.807) is 0 Å². The van der Waals surface area contributed by atoms with Gasteiger partial charge < -0.3 is 10.3 Å². The Balaban J connectivity index is 1.72. The molecule has 2 heterocycles. The summed E-state index contributed by atoms with van der Waals surface area (Å²) in [5.74, 6) is 2.76. The van der Waals surface area contributed by atoms with Crippen LogP contribution in [0.2, 0.25) is 0 Å². The monoisotopic (exact) mass is 219 g/mol. The fraction of sp³-hybridized carbons (Fsp3) is 0.769. The number of imidazole rings is 1. The SMILES string of the molecule is Cc1[nH]c(CC2CNC2)nc1C1CCCC1. The smallest absolute Gasteiger partial charge is 0.106 e. The third kappa shape index (κ3) is 1.88. The van der Waals surface area contributed by atoms with Gasteiger partial charge in [-0.3, -0.25) is 0 Å². The molecule has 2 fully saturated rings. The standard InChI is InChI=1S/C13H21N3/c1-9-13(11-4-2-3-5-11)16-12(15-9)6-10-7-14-8-10/h10-11,14H,2-8H2,1H3,(H,15,16). The lowest BCUT2D eigenvalue weighted by Gasteiger charge is -2.25. The van der Waals surface area contributed by atoms with Crippen molar-refractivity contribution in [3.63, 3.8) is 0 Å². The zero-order valence-electron chi connectivity index (χ0n) is 10.1. The maximum absolute atomic E-state index is 4.83. The summed E-state index contributed by atoms with van der Waals surface area (Å²) in [7, 11) is 0. The largest absolute Gasteiger partial charge is 0.346 e. The van der Waals surface area contributed by atoms with Crippen LogP contribution in [0.15, 0.2) is 0 Å². The molecule has 1 aliphatic carbocycles. The van der Waals surface area contributed by atoms with Crippen LogP contribution in [0.1, 0.15) is 48.8 Å². The summed E-state index contributed by atoms with van der Waals surface area (Å²) in [4.78, 5) is 8.31. The molecular weight excluding hydrogens is 198 g/mol. The molecule has 2 aliphatic rings. The minimum Gasteiger partial charge on any atom is -0.346 e. The van der Waals surface area contributed by atoms with Crippen LogP contribution >= 0.6 is 0 Å². The summed E-state index contributed by atoms with van der Waals surface area (Å²) in [5.41, 5.74) is 2.67. The number of nitrogens with zero attached hydrogens (tertiary/aromatic N) is 1. The molecule has 0 unspecified atom stereocenters. The van der Waals surface area contributed by atoms with Crippen molar-refractivity contribution in [1.29, 1.82) is 0 Å². The summed E-state index contributed by atoms with van der Waals surface area (Å²) in [6.07, 6.45) is 6.59. The highest BCUT2D eigenvalue weighted by Gasteiger charge is 2.24. The highest BCUT2D eigenvalue weighted by Crippen LogP contribution is 2.34. The molecular formula is C13H21N3. The molecule has 0 amide bonds. The van der Waals surface area contributed by atoms with Crippen LogP contribution in [0, 0.1) is 12.8 Å². The first-order valence-corrected chi connectivity index (χ1v) is 6.59. The Morgan fingerprint density at radius 2 is 2.00 bits per heavy atom. The molecule has 2 N–H and O–H groups in total. The molecule has 0 atom stereocenters. The summed E-state index contributed by atoms with van der Waals surface area (Å²) >= 11 is 0. The van der Waals surface area contributed by atoms with Gasteiger partial charge in [0.05, 0.1) is 5.69 Å². The summed E-state index contributed by atoms with van der Waals surface area (Å²) in [6.45, 7) is 4.51. The lowest BCUT2D eigenvalue weighted by atomic mass is 9.99. The number of aryl methyl sites for hydroxylation is 1. The Morgan fingerprint density at radius 3 is 2.62 bits per heavy atom. The number of aromatic amines is 1. The number of nitrogens with one attached hydrogen (secondary N) is 2.